The molecule has 6 nitrogen and oxygen atoms in total. The average Bonchev–Trinajstić information content (AvgIpc) is 1.25. The van der Waals surface area contributed by atoms with E-state index in [2.05, 4.69) is 0 Å². The van der Waals surface area contributed by atoms with E-state index in [9.17, 15) is 0 Å². The molecule has 0 atom stereocenters. The van der Waals surface area contributed by atoms with E-state index in [1.807, 2.05) is 0 Å². The Hall–Kier alpha value is 0.834. The van der Waals surface area contributed by atoms with Gasteiger partial charge >= 0.3 is 16.5 Å². The first-order valence-electron chi connectivity index (χ1n) is 0.926. The zero-order valence-corrected chi connectivity index (χ0v) is 6.02. The van der Waals surface area contributed by atoms with Gasteiger partial charge in [0.1, 0.15) is 0 Å². The van der Waals surface area contributed by atoms with Gasteiger partial charge in [-0.1, -0.05) is 0 Å². The normalized spacial score (nSPS) is 8.00. The van der Waals surface area contributed by atoms with Crippen LogP contribution in [0.3, 0.4) is 0 Å². The smallest absolute Gasteiger partial charge is 0.357 e. The van der Waals surface area contributed by atoms with Crippen LogP contribution in [-0.4, -0.2) is 0 Å². The van der Waals surface area contributed by atoms with Crippen LogP contribution in [0.4, 0.5) is 0 Å². The van der Waals surface area contributed by atoms with E-state index < -0.39 is 21.6 Å². The molecule has 0 N–H and O–H groups in total. The number of rotatable bonds is 0. The predicted molar refractivity (Wildman–Crippen MR) is 0 cm³/mol. The minimum Gasteiger partial charge on any atom is -0.357 e. The molecule has 0 unspecified atom stereocenters. The van der Waals surface area contributed by atoms with Gasteiger partial charge < -0.3 is 28.0 Å². The fourth-order valence-electron chi connectivity index (χ4n) is 0. The van der Waals surface area contributed by atoms with Crippen molar-refractivity contribution < 1.29 is 66.0 Å². The van der Waals surface area contributed by atoms with Crippen molar-refractivity contribution in [3.63, 3.8) is 0 Å². The molecule has 0 aromatic rings. The van der Waals surface area contributed by atoms with Crippen LogP contribution in [0.15, 0.2) is 0 Å². The zero-order valence-electron chi connectivity index (χ0n) is 3.52. The summed E-state index contributed by atoms with van der Waals surface area (Å²) in [5.74, 6) is 0. The van der Waals surface area contributed by atoms with Crippen molar-refractivity contribution in [2.45, 2.75) is 0 Å². The molecule has 0 fully saturated rings. The average molecular weight is 226 g/mol. The molecule has 0 amide bonds. The second-order valence-corrected chi connectivity index (χ2v) is 1.13. The van der Waals surface area contributed by atoms with Gasteiger partial charge in [-0.3, -0.25) is 0 Å². The molecule has 0 bridgehead atoms. The Morgan fingerprint density at radius 2 is 0.556 bits per heavy atom. The van der Waals surface area contributed by atoms with E-state index in [1.54, 1.807) is 0 Å². The molecular formula is Cl2NiO6. The number of hydrogen-bond donors (Lipinski definition) is 0. The Morgan fingerprint density at radius 1 is 0.556 bits per heavy atom. The van der Waals surface area contributed by atoms with Crippen LogP contribution < -0.4 is 28.0 Å². The van der Waals surface area contributed by atoms with Crippen LogP contribution in [0.25, 0.3) is 0 Å². The molecule has 0 rings (SSSR count). The summed E-state index contributed by atoms with van der Waals surface area (Å²) in [6, 6.07) is 0. The van der Waals surface area contributed by atoms with Crippen LogP contribution in [0.1, 0.15) is 0 Å². The topological polar surface area (TPSA) is 138 Å². The second kappa shape index (κ2) is 11.6. The van der Waals surface area contributed by atoms with E-state index in [4.69, 9.17) is 28.0 Å². The largest absolute Gasteiger partial charge is 2.00 e. The summed E-state index contributed by atoms with van der Waals surface area (Å²) in [6.45, 7) is 0. The van der Waals surface area contributed by atoms with Crippen molar-refractivity contribution >= 4 is 0 Å². The van der Waals surface area contributed by atoms with Crippen molar-refractivity contribution in [2.75, 3.05) is 0 Å². The molecule has 0 aliphatic rings. The molecule has 0 heterocycles. The summed E-state index contributed by atoms with van der Waals surface area (Å²) in [5.41, 5.74) is 0. The van der Waals surface area contributed by atoms with Gasteiger partial charge in [0.25, 0.3) is 0 Å². The fourth-order valence-corrected chi connectivity index (χ4v) is 0. The van der Waals surface area contributed by atoms with Crippen molar-refractivity contribution in [1.82, 2.24) is 0 Å². The minimum absolute atomic E-state index is 0. The first kappa shape index (κ1) is 16.4. The Morgan fingerprint density at radius 3 is 0.556 bits per heavy atom. The standard InChI is InChI=1S/2ClO3.Ni/c2*2-1(3)4;/q2*-1;+2. The fraction of sp³-hybridized carbons (Fsp3) is 0. The Bertz CT molecular complexity index is 26.5. The van der Waals surface area contributed by atoms with Gasteiger partial charge in [-0.15, -0.1) is 0 Å². The summed E-state index contributed by atoms with van der Waals surface area (Å²) < 4.78 is 50.4. The van der Waals surface area contributed by atoms with Gasteiger partial charge in [0.2, 0.25) is 0 Å². The van der Waals surface area contributed by atoms with E-state index in [0.29, 0.717) is 0 Å². The van der Waals surface area contributed by atoms with Gasteiger partial charge in [0.05, 0.1) is 21.6 Å². The van der Waals surface area contributed by atoms with Gasteiger partial charge in [-0.2, -0.15) is 0 Å². The van der Waals surface area contributed by atoms with Crippen molar-refractivity contribution in [1.29, 1.82) is 0 Å². The van der Waals surface area contributed by atoms with Crippen LogP contribution in [0, 0.1) is 21.6 Å². The first-order valence-corrected chi connectivity index (χ1v) is 2.78. The Kier molecular flexibility index (Phi) is 21.2. The van der Waals surface area contributed by atoms with Gasteiger partial charge in [-0.05, 0) is 0 Å². The van der Waals surface area contributed by atoms with Gasteiger partial charge in [0, 0.05) is 0 Å². The monoisotopic (exact) mass is 224 g/mol. The maximum Gasteiger partial charge on any atom is 2.00 e. The van der Waals surface area contributed by atoms with Crippen LogP contribution in [0.2, 0.25) is 0 Å². The molecule has 0 aromatic heterocycles. The number of halogens is 2. The van der Waals surface area contributed by atoms with Crippen LogP contribution in [-0.2, 0) is 16.5 Å². The third-order valence-electron chi connectivity index (χ3n) is 0. The molecule has 9 heavy (non-hydrogen) atoms. The molecule has 0 aromatic carbocycles. The Labute approximate surface area is 66.5 Å². The van der Waals surface area contributed by atoms with E-state index in [0.717, 1.165) is 0 Å². The summed E-state index contributed by atoms with van der Waals surface area (Å²) in [5, 5.41) is 0. The van der Waals surface area contributed by atoms with Crippen molar-refractivity contribution in [3.8, 4) is 0 Å². The summed E-state index contributed by atoms with van der Waals surface area (Å²) in [4.78, 5) is 0. The van der Waals surface area contributed by atoms with Crippen LogP contribution >= 0.6 is 0 Å². The summed E-state index contributed by atoms with van der Waals surface area (Å²) in [6.07, 6.45) is 0. The molecule has 60 valence electrons. The Balaban J connectivity index is -0.0000000720. The second-order valence-electron chi connectivity index (χ2n) is 0.378. The molecule has 0 saturated carbocycles. The maximum absolute atomic E-state index is 8.41. The molecule has 9 heteroatoms. The molecule has 0 saturated heterocycles. The maximum atomic E-state index is 8.41. The predicted octanol–water partition coefficient (Wildman–Crippen LogP) is -7.14. The summed E-state index contributed by atoms with van der Waals surface area (Å²) >= 11 is 0. The third kappa shape index (κ3) is 594. The SMILES string of the molecule is [Ni+2].[O-][Cl+2]([O-])[O-].[O-][Cl+2]([O-])[O-]. The third-order valence-corrected chi connectivity index (χ3v) is 0. The van der Waals surface area contributed by atoms with Crippen molar-refractivity contribution in [3.05, 3.63) is 0 Å². The molecular weight excluding hydrogens is 226 g/mol. The molecule has 0 aliphatic heterocycles. The molecule has 0 aliphatic carbocycles. The quantitative estimate of drug-likeness (QED) is 0.375. The van der Waals surface area contributed by atoms with E-state index >= 15 is 0 Å². The van der Waals surface area contributed by atoms with Crippen molar-refractivity contribution in [2.24, 2.45) is 0 Å². The first-order chi connectivity index (χ1) is 3.46. The van der Waals surface area contributed by atoms with E-state index in [-0.39, 0.29) is 16.5 Å². The van der Waals surface area contributed by atoms with Gasteiger partial charge in [-0.25, -0.2) is 0 Å². The summed E-state index contributed by atoms with van der Waals surface area (Å²) in [7, 11) is -5.70. The van der Waals surface area contributed by atoms with E-state index in [1.165, 1.54) is 0 Å². The molecule has 0 radical (unpaired) electrons. The molecule has 0 spiro atoms. The van der Waals surface area contributed by atoms with Crippen LogP contribution in [0.5, 0.6) is 0 Å². The minimum atomic E-state index is -2.85. The van der Waals surface area contributed by atoms with Gasteiger partial charge in [0.15, 0.2) is 0 Å². The zero-order chi connectivity index (χ0) is 7.15. The number of hydrogen-bond acceptors (Lipinski definition) is 6.